The Morgan fingerprint density at radius 1 is 1.16 bits per heavy atom. The van der Waals surface area contributed by atoms with Crippen LogP contribution in [0.4, 0.5) is 10.1 Å². The highest BCUT2D eigenvalue weighted by atomic mass is 32.1. The van der Waals surface area contributed by atoms with Gasteiger partial charge in [-0.2, -0.15) is 0 Å². The molecule has 0 bridgehead atoms. The molecule has 0 fully saturated rings. The van der Waals surface area contributed by atoms with E-state index in [1.54, 1.807) is 17.5 Å². The number of hydrogen-bond donors (Lipinski definition) is 1. The van der Waals surface area contributed by atoms with E-state index in [9.17, 15) is 9.18 Å². The second kappa shape index (κ2) is 7.90. The quantitative estimate of drug-likeness (QED) is 0.731. The summed E-state index contributed by atoms with van der Waals surface area (Å²) in [5, 5.41) is 5.29. The van der Waals surface area contributed by atoms with Gasteiger partial charge in [0.05, 0.1) is 0 Å². The van der Waals surface area contributed by atoms with Crippen LogP contribution in [0.3, 0.4) is 0 Å². The lowest BCUT2D eigenvalue weighted by Gasteiger charge is -2.19. The smallest absolute Gasteiger partial charge is 0.270 e. The molecule has 128 valence electrons. The van der Waals surface area contributed by atoms with Crippen LogP contribution in [0.1, 0.15) is 10.5 Å². The molecule has 3 aromatic rings. The molecule has 1 aromatic heterocycles. The topological polar surface area (TPSA) is 45.2 Å². The summed E-state index contributed by atoms with van der Waals surface area (Å²) in [6.45, 7) is 1.22. The van der Waals surface area contributed by atoms with Crippen LogP contribution in [-0.4, -0.2) is 31.0 Å². The summed E-state index contributed by atoms with van der Waals surface area (Å²) in [6, 6.07) is 16.1. The summed E-state index contributed by atoms with van der Waals surface area (Å²) >= 11 is 1.37. The summed E-state index contributed by atoms with van der Waals surface area (Å²) in [6.07, 6.45) is 0. The maximum absolute atomic E-state index is 13.0. The minimum absolute atomic E-state index is 0.203. The molecule has 1 heterocycles. The van der Waals surface area contributed by atoms with Gasteiger partial charge in [0.15, 0.2) is 0 Å². The molecule has 0 aliphatic carbocycles. The second-order valence-electron chi connectivity index (χ2n) is 5.56. The van der Waals surface area contributed by atoms with Crippen molar-refractivity contribution in [1.29, 1.82) is 0 Å². The lowest BCUT2D eigenvalue weighted by Crippen LogP contribution is -2.33. The molecule has 2 aromatic carbocycles. The maximum Gasteiger partial charge on any atom is 0.270 e. The third kappa shape index (κ3) is 4.42. The Morgan fingerprint density at radius 3 is 2.60 bits per heavy atom. The average molecular weight is 355 g/mol. The fourth-order valence-corrected chi connectivity index (χ4v) is 3.15. The first kappa shape index (κ1) is 17.1. The molecule has 6 heteroatoms. The van der Waals surface area contributed by atoms with Crippen LogP contribution in [0, 0.1) is 5.82 Å². The third-order valence-corrected chi connectivity index (χ3v) is 4.65. The van der Waals surface area contributed by atoms with Crippen molar-refractivity contribution >= 4 is 22.9 Å². The number of thiazole rings is 1. The van der Waals surface area contributed by atoms with Gasteiger partial charge < -0.3 is 10.2 Å². The van der Waals surface area contributed by atoms with Gasteiger partial charge in [-0.05, 0) is 36.4 Å². The molecule has 0 saturated carbocycles. The lowest BCUT2D eigenvalue weighted by molar-refractivity contribution is 0.0950. The number of aromatic nitrogens is 1. The SMILES string of the molecule is CN(CCNC(=O)c1csc(-c2ccc(F)cc2)n1)c1ccccc1. The van der Waals surface area contributed by atoms with Crippen LogP contribution in [0.2, 0.25) is 0 Å². The van der Waals surface area contributed by atoms with Gasteiger partial charge in [-0.15, -0.1) is 11.3 Å². The minimum atomic E-state index is -0.291. The normalized spacial score (nSPS) is 10.5. The molecule has 1 N–H and O–H groups in total. The van der Waals surface area contributed by atoms with Gasteiger partial charge in [0.1, 0.15) is 16.5 Å². The van der Waals surface area contributed by atoms with Crippen LogP contribution >= 0.6 is 11.3 Å². The first-order valence-corrected chi connectivity index (χ1v) is 8.77. The molecule has 0 radical (unpaired) electrons. The molecule has 1 amide bonds. The maximum atomic E-state index is 13.0. The molecule has 0 spiro atoms. The fraction of sp³-hybridized carbons (Fsp3) is 0.158. The van der Waals surface area contributed by atoms with Crippen LogP contribution < -0.4 is 10.2 Å². The van der Waals surface area contributed by atoms with Crippen molar-refractivity contribution in [1.82, 2.24) is 10.3 Å². The average Bonchev–Trinajstić information content (AvgIpc) is 3.13. The van der Waals surface area contributed by atoms with Gasteiger partial charge in [0, 0.05) is 36.8 Å². The number of anilines is 1. The monoisotopic (exact) mass is 355 g/mol. The first-order valence-electron chi connectivity index (χ1n) is 7.89. The Morgan fingerprint density at radius 2 is 1.88 bits per heavy atom. The van der Waals surface area contributed by atoms with E-state index in [-0.39, 0.29) is 11.7 Å². The second-order valence-corrected chi connectivity index (χ2v) is 6.42. The predicted molar refractivity (Wildman–Crippen MR) is 99.6 cm³/mol. The van der Waals surface area contributed by atoms with Crippen molar-refractivity contribution < 1.29 is 9.18 Å². The molecule has 0 saturated heterocycles. The molecule has 25 heavy (non-hydrogen) atoms. The summed E-state index contributed by atoms with van der Waals surface area (Å²) in [5.74, 6) is -0.494. The number of rotatable bonds is 6. The van der Waals surface area contributed by atoms with Crippen molar-refractivity contribution in [2.24, 2.45) is 0 Å². The van der Waals surface area contributed by atoms with Crippen LogP contribution in [0.25, 0.3) is 10.6 Å². The molecule has 0 aliphatic rings. The number of likely N-dealkylation sites (N-methyl/N-ethyl adjacent to an activating group) is 1. The molecule has 0 unspecified atom stereocenters. The van der Waals surface area contributed by atoms with Crippen LogP contribution in [0.5, 0.6) is 0 Å². The van der Waals surface area contributed by atoms with E-state index in [0.29, 0.717) is 23.8 Å². The number of benzene rings is 2. The van der Waals surface area contributed by atoms with E-state index >= 15 is 0 Å². The lowest BCUT2D eigenvalue weighted by atomic mass is 10.2. The van der Waals surface area contributed by atoms with Crippen molar-refractivity contribution in [2.45, 2.75) is 0 Å². The summed E-state index contributed by atoms with van der Waals surface area (Å²) < 4.78 is 13.0. The zero-order chi connectivity index (χ0) is 17.6. The number of amides is 1. The molecular formula is C19H18FN3OS. The molecule has 0 atom stereocenters. The molecule has 0 aliphatic heterocycles. The van der Waals surface area contributed by atoms with Gasteiger partial charge in [-0.1, -0.05) is 18.2 Å². The van der Waals surface area contributed by atoms with Crippen LogP contribution in [-0.2, 0) is 0 Å². The summed E-state index contributed by atoms with van der Waals surface area (Å²) in [4.78, 5) is 18.6. The van der Waals surface area contributed by atoms with E-state index in [4.69, 9.17) is 0 Å². The van der Waals surface area contributed by atoms with Gasteiger partial charge in [-0.25, -0.2) is 9.37 Å². The predicted octanol–water partition coefficient (Wildman–Crippen LogP) is 3.82. The van der Waals surface area contributed by atoms with Crippen molar-refractivity contribution in [3.8, 4) is 10.6 Å². The largest absolute Gasteiger partial charge is 0.373 e. The van der Waals surface area contributed by atoms with Gasteiger partial charge in [-0.3, -0.25) is 4.79 Å². The zero-order valence-electron chi connectivity index (χ0n) is 13.8. The Kier molecular flexibility index (Phi) is 5.40. The number of hydrogen-bond acceptors (Lipinski definition) is 4. The molecular weight excluding hydrogens is 337 g/mol. The van der Waals surface area contributed by atoms with Gasteiger partial charge >= 0.3 is 0 Å². The summed E-state index contributed by atoms with van der Waals surface area (Å²) in [7, 11) is 1.98. The number of nitrogens with zero attached hydrogens (tertiary/aromatic N) is 2. The van der Waals surface area contributed by atoms with Crippen molar-refractivity contribution in [3.63, 3.8) is 0 Å². The Labute approximate surface area is 150 Å². The molecule has 3 rings (SSSR count). The number of para-hydroxylation sites is 1. The van der Waals surface area contributed by atoms with Crippen molar-refractivity contribution in [2.75, 3.05) is 25.0 Å². The minimum Gasteiger partial charge on any atom is -0.373 e. The highest BCUT2D eigenvalue weighted by molar-refractivity contribution is 7.13. The Balaban J connectivity index is 1.54. The van der Waals surface area contributed by atoms with E-state index in [2.05, 4.69) is 15.2 Å². The number of carbonyl (C=O) groups excluding carboxylic acids is 1. The summed E-state index contributed by atoms with van der Waals surface area (Å²) in [5.41, 5.74) is 2.28. The molecule has 4 nitrogen and oxygen atoms in total. The number of halogens is 1. The van der Waals surface area contributed by atoms with E-state index < -0.39 is 0 Å². The Hall–Kier alpha value is -2.73. The zero-order valence-corrected chi connectivity index (χ0v) is 14.6. The van der Waals surface area contributed by atoms with E-state index in [1.807, 2.05) is 37.4 Å². The first-order chi connectivity index (χ1) is 12.1. The highest BCUT2D eigenvalue weighted by Gasteiger charge is 2.12. The van der Waals surface area contributed by atoms with Gasteiger partial charge in [0.25, 0.3) is 5.91 Å². The van der Waals surface area contributed by atoms with E-state index in [0.717, 1.165) is 11.3 Å². The number of carbonyl (C=O) groups is 1. The van der Waals surface area contributed by atoms with E-state index in [1.165, 1.54) is 23.5 Å². The van der Waals surface area contributed by atoms with Crippen molar-refractivity contribution in [3.05, 3.63) is 71.5 Å². The standard InChI is InChI=1S/C19H18FN3OS/c1-23(16-5-3-2-4-6-16)12-11-21-18(24)17-13-25-19(22-17)14-7-9-15(20)10-8-14/h2-10,13H,11-12H2,1H3,(H,21,24). The highest BCUT2D eigenvalue weighted by Crippen LogP contribution is 2.23. The third-order valence-electron chi connectivity index (χ3n) is 3.76. The van der Waals surface area contributed by atoms with Crippen LogP contribution in [0.15, 0.2) is 60.0 Å². The van der Waals surface area contributed by atoms with Gasteiger partial charge in [0.2, 0.25) is 0 Å². The fourth-order valence-electron chi connectivity index (χ4n) is 2.34. The number of nitrogens with one attached hydrogen (secondary N) is 1. The Bertz CT molecular complexity index is 833.